The van der Waals surface area contributed by atoms with Crippen LogP contribution in [0.15, 0.2) is 0 Å². The van der Waals surface area contributed by atoms with Gasteiger partial charge in [-0.1, -0.05) is 0 Å². The largest absolute Gasteiger partial charge is 0.308 e. The highest BCUT2D eigenvalue weighted by atomic mass is 32.2. The zero-order valence-corrected chi connectivity index (χ0v) is 11.3. The van der Waals surface area contributed by atoms with Gasteiger partial charge in [-0.15, -0.1) is 0 Å². The van der Waals surface area contributed by atoms with Gasteiger partial charge in [-0.3, -0.25) is 0 Å². The molecule has 0 saturated carbocycles. The van der Waals surface area contributed by atoms with Crippen LogP contribution in [0, 0.1) is 0 Å². The van der Waals surface area contributed by atoms with Crippen molar-refractivity contribution in [3.05, 3.63) is 0 Å². The standard InChI is InChI=1S/C8H20N2.C2H6S/c1-8(2,10(5)6)7-9(3)4;1-3-2/h7H2,1-6H3;1-2H3. The maximum absolute atomic E-state index is 2.24. The van der Waals surface area contributed by atoms with Crippen molar-refractivity contribution >= 4 is 11.8 Å². The first-order valence-electron chi connectivity index (χ1n) is 4.50. The highest BCUT2D eigenvalue weighted by molar-refractivity contribution is 7.97. The lowest BCUT2D eigenvalue weighted by atomic mass is 10.0. The van der Waals surface area contributed by atoms with Crippen molar-refractivity contribution in [1.82, 2.24) is 9.80 Å². The SMILES string of the molecule is CN(C)CC(C)(C)N(C)C.CSC. The summed E-state index contributed by atoms with van der Waals surface area (Å²) in [6.45, 7) is 5.58. The molecule has 0 aromatic rings. The Morgan fingerprint density at radius 1 is 1.00 bits per heavy atom. The first kappa shape index (κ1) is 15.7. The van der Waals surface area contributed by atoms with Crippen LogP contribution in [-0.2, 0) is 0 Å². The number of nitrogens with zero attached hydrogens (tertiary/aromatic N) is 2. The van der Waals surface area contributed by atoms with E-state index in [9.17, 15) is 0 Å². The second kappa shape index (κ2) is 7.65. The molecule has 0 aliphatic rings. The van der Waals surface area contributed by atoms with Crippen molar-refractivity contribution in [2.45, 2.75) is 19.4 Å². The predicted molar refractivity (Wildman–Crippen MR) is 65.8 cm³/mol. The molecule has 0 rings (SSSR count). The van der Waals surface area contributed by atoms with Gasteiger partial charge in [0.25, 0.3) is 0 Å². The van der Waals surface area contributed by atoms with Crippen molar-refractivity contribution in [3.8, 4) is 0 Å². The van der Waals surface area contributed by atoms with E-state index in [4.69, 9.17) is 0 Å². The molecule has 0 saturated heterocycles. The lowest BCUT2D eigenvalue weighted by Crippen LogP contribution is -2.46. The molecule has 0 unspecified atom stereocenters. The van der Waals surface area contributed by atoms with E-state index in [1.54, 1.807) is 11.8 Å². The van der Waals surface area contributed by atoms with Crippen molar-refractivity contribution in [3.63, 3.8) is 0 Å². The van der Waals surface area contributed by atoms with Crippen molar-refractivity contribution in [2.75, 3.05) is 47.2 Å². The smallest absolute Gasteiger partial charge is 0.0273 e. The summed E-state index contributed by atoms with van der Waals surface area (Å²) in [7, 11) is 8.43. The Bertz CT molecular complexity index is 111. The van der Waals surface area contributed by atoms with Crippen LogP contribution < -0.4 is 0 Å². The Morgan fingerprint density at radius 3 is 1.38 bits per heavy atom. The fourth-order valence-electron chi connectivity index (χ4n) is 0.915. The third-order valence-corrected chi connectivity index (χ3v) is 1.91. The third-order valence-electron chi connectivity index (χ3n) is 1.91. The topological polar surface area (TPSA) is 6.48 Å². The molecule has 0 aliphatic heterocycles. The van der Waals surface area contributed by atoms with E-state index in [1.165, 1.54) is 0 Å². The van der Waals surface area contributed by atoms with E-state index in [0.717, 1.165) is 6.54 Å². The molecule has 0 fully saturated rings. The molecule has 0 radical (unpaired) electrons. The lowest BCUT2D eigenvalue weighted by molar-refractivity contribution is 0.148. The van der Waals surface area contributed by atoms with Gasteiger partial charge in [0.15, 0.2) is 0 Å². The van der Waals surface area contributed by atoms with Gasteiger partial charge in [0, 0.05) is 12.1 Å². The van der Waals surface area contributed by atoms with Crippen LogP contribution in [0.25, 0.3) is 0 Å². The summed E-state index contributed by atoms with van der Waals surface area (Å²) >= 11 is 1.75. The van der Waals surface area contributed by atoms with E-state index in [2.05, 4.69) is 51.8 Å². The summed E-state index contributed by atoms with van der Waals surface area (Å²) in [4.78, 5) is 4.45. The maximum Gasteiger partial charge on any atom is 0.0273 e. The minimum absolute atomic E-state index is 0.281. The molecular formula is C10H26N2S. The second-order valence-electron chi connectivity index (χ2n) is 4.35. The molecule has 0 aromatic carbocycles. The highest BCUT2D eigenvalue weighted by Gasteiger charge is 2.20. The fourth-order valence-corrected chi connectivity index (χ4v) is 0.915. The second-order valence-corrected chi connectivity index (χ2v) is 5.17. The van der Waals surface area contributed by atoms with Crippen molar-refractivity contribution < 1.29 is 0 Å². The number of rotatable bonds is 3. The number of hydrogen-bond acceptors (Lipinski definition) is 3. The average molecular weight is 206 g/mol. The molecular weight excluding hydrogens is 180 g/mol. The lowest BCUT2D eigenvalue weighted by Gasteiger charge is -2.34. The summed E-state index contributed by atoms with van der Waals surface area (Å²) in [5.74, 6) is 0. The van der Waals surface area contributed by atoms with E-state index in [-0.39, 0.29) is 5.54 Å². The van der Waals surface area contributed by atoms with Gasteiger partial charge in [-0.25, -0.2) is 0 Å². The first-order chi connectivity index (χ1) is 5.77. The molecule has 0 heterocycles. The van der Waals surface area contributed by atoms with Crippen LogP contribution in [0.2, 0.25) is 0 Å². The molecule has 0 spiro atoms. The highest BCUT2D eigenvalue weighted by Crippen LogP contribution is 2.09. The Labute approximate surface area is 88.7 Å². The number of hydrogen-bond donors (Lipinski definition) is 0. The van der Waals surface area contributed by atoms with E-state index < -0.39 is 0 Å². The van der Waals surface area contributed by atoms with Crippen LogP contribution in [-0.4, -0.2) is 62.6 Å². The van der Waals surface area contributed by atoms with E-state index in [1.807, 2.05) is 12.5 Å². The average Bonchev–Trinajstić information content (AvgIpc) is 1.85. The van der Waals surface area contributed by atoms with Gasteiger partial charge in [-0.2, -0.15) is 11.8 Å². The molecule has 0 N–H and O–H groups in total. The van der Waals surface area contributed by atoms with E-state index >= 15 is 0 Å². The van der Waals surface area contributed by atoms with Crippen LogP contribution in [0.1, 0.15) is 13.8 Å². The minimum atomic E-state index is 0.281. The van der Waals surface area contributed by atoms with Crippen molar-refractivity contribution in [2.24, 2.45) is 0 Å². The van der Waals surface area contributed by atoms with Gasteiger partial charge in [0.1, 0.15) is 0 Å². The molecule has 0 aromatic heterocycles. The van der Waals surface area contributed by atoms with Gasteiger partial charge in [0.2, 0.25) is 0 Å². The molecule has 0 aliphatic carbocycles. The Kier molecular flexibility index (Phi) is 9.26. The van der Waals surface area contributed by atoms with Gasteiger partial charge in [0.05, 0.1) is 0 Å². The molecule has 82 valence electrons. The monoisotopic (exact) mass is 206 g/mol. The zero-order chi connectivity index (χ0) is 11.1. The summed E-state index contributed by atoms with van der Waals surface area (Å²) < 4.78 is 0. The van der Waals surface area contributed by atoms with Crippen LogP contribution >= 0.6 is 11.8 Å². The molecule has 0 atom stereocenters. The quantitative estimate of drug-likeness (QED) is 0.696. The zero-order valence-electron chi connectivity index (χ0n) is 10.5. The number of thioether (sulfide) groups is 1. The first-order valence-corrected chi connectivity index (χ1v) is 6.13. The summed E-state index contributed by atoms with van der Waals surface area (Å²) in [5, 5.41) is 0. The van der Waals surface area contributed by atoms with Crippen LogP contribution in [0.5, 0.6) is 0 Å². The van der Waals surface area contributed by atoms with Gasteiger partial charge >= 0.3 is 0 Å². The minimum Gasteiger partial charge on any atom is -0.308 e. The van der Waals surface area contributed by atoms with Crippen LogP contribution in [0.4, 0.5) is 0 Å². The van der Waals surface area contributed by atoms with Crippen LogP contribution in [0.3, 0.4) is 0 Å². The summed E-state index contributed by atoms with van der Waals surface area (Å²) in [5.41, 5.74) is 0.281. The molecule has 0 bridgehead atoms. The molecule has 0 amide bonds. The third kappa shape index (κ3) is 10.2. The fraction of sp³-hybridized carbons (Fsp3) is 1.00. The molecule has 3 heteroatoms. The Morgan fingerprint density at radius 2 is 1.31 bits per heavy atom. The van der Waals surface area contributed by atoms with Crippen molar-refractivity contribution in [1.29, 1.82) is 0 Å². The Balaban J connectivity index is 0. The molecule has 13 heavy (non-hydrogen) atoms. The normalized spacial score (nSPS) is 11.5. The summed E-state index contributed by atoms with van der Waals surface area (Å²) in [6, 6.07) is 0. The molecule has 2 nitrogen and oxygen atoms in total. The van der Waals surface area contributed by atoms with Gasteiger partial charge in [-0.05, 0) is 54.5 Å². The predicted octanol–water partition coefficient (Wildman–Crippen LogP) is 1.87. The van der Waals surface area contributed by atoms with E-state index in [0.29, 0.717) is 0 Å². The maximum atomic E-state index is 2.24. The van der Waals surface area contributed by atoms with Gasteiger partial charge < -0.3 is 9.80 Å². The number of likely N-dealkylation sites (N-methyl/N-ethyl adjacent to an activating group) is 2. The Hall–Kier alpha value is 0.270. The summed E-state index contributed by atoms with van der Waals surface area (Å²) in [6.07, 6.45) is 4.08.